The van der Waals surface area contributed by atoms with Crippen LogP contribution >= 0.6 is 0 Å². The largest absolute Gasteiger partial charge is 0.324 e. The van der Waals surface area contributed by atoms with Crippen LogP contribution in [0.1, 0.15) is 12.5 Å². The van der Waals surface area contributed by atoms with E-state index in [1.807, 2.05) is 0 Å². The summed E-state index contributed by atoms with van der Waals surface area (Å²) < 4.78 is 24.0. The van der Waals surface area contributed by atoms with E-state index in [0.29, 0.717) is 5.69 Å². The van der Waals surface area contributed by atoms with Gasteiger partial charge in [-0.25, -0.2) is 8.42 Å². The Morgan fingerprint density at radius 1 is 1.38 bits per heavy atom. The van der Waals surface area contributed by atoms with Crippen molar-refractivity contribution in [2.45, 2.75) is 18.7 Å². The van der Waals surface area contributed by atoms with Crippen LogP contribution in [0.2, 0.25) is 0 Å². The lowest BCUT2D eigenvalue weighted by atomic mass is 10.1. The first-order valence-corrected chi connectivity index (χ1v) is 6.70. The van der Waals surface area contributed by atoms with Gasteiger partial charge in [-0.3, -0.25) is 4.79 Å². The third kappa shape index (κ3) is 1.71. The van der Waals surface area contributed by atoms with Crippen molar-refractivity contribution in [3.05, 3.63) is 23.8 Å². The Hall–Kier alpha value is -1.36. The van der Waals surface area contributed by atoms with Crippen LogP contribution in [0.25, 0.3) is 0 Å². The zero-order valence-electron chi connectivity index (χ0n) is 9.15. The molecule has 16 heavy (non-hydrogen) atoms. The summed E-state index contributed by atoms with van der Waals surface area (Å²) in [7, 11) is -3.37. The number of carbonyl (C=O) groups excluding carboxylic acids is 1. The summed E-state index contributed by atoms with van der Waals surface area (Å²) in [4.78, 5) is 11.9. The van der Waals surface area contributed by atoms with Crippen LogP contribution in [0.5, 0.6) is 0 Å². The van der Waals surface area contributed by atoms with Gasteiger partial charge in [0.2, 0.25) is 5.91 Å². The highest BCUT2D eigenvalue weighted by molar-refractivity contribution is 7.91. The number of fused-ring (bicyclic) bond motifs is 1. The van der Waals surface area contributed by atoms with Gasteiger partial charge in [0.15, 0.2) is 9.84 Å². The maximum absolute atomic E-state index is 12.0. The van der Waals surface area contributed by atoms with Crippen molar-refractivity contribution in [3.8, 4) is 0 Å². The van der Waals surface area contributed by atoms with Crippen molar-refractivity contribution in [2.24, 2.45) is 5.92 Å². The molecule has 1 atom stereocenters. The molecule has 4 nitrogen and oxygen atoms in total. The second-order valence-electron chi connectivity index (χ2n) is 4.12. The highest BCUT2D eigenvalue weighted by Gasteiger charge is 2.30. The average Bonchev–Trinajstić information content (AvgIpc) is 2.26. The number of rotatable bonds is 0. The van der Waals surface area contributed by atoms with E-state index < -0.39 is 15.8 Å². The lowest BCUT2D eigenvalue weighted by Crippen LogP contribution is -2.22. The van der Waals surface area contributed by atoms with Crippen molar-refractivity contribution in [1.29, 1.82) is 0 Å². The van der Waals surface area contributed by atoms with E-state index in [1.165, 1.54) is 6.07 Å². The molecular weight excluding hydrogens is 226 g/mol. The van der Waals surface area contributed by atoms with E-state index in [4.69, 9.17) is 0 Å². The molecule has 1 aromatic rings. The molecule has 0 aromatic heterocycles. The van der Waals surface area contributed by atoms with Crippen LogP contribution in [-0.4, -0.2) is 20.1 Å². The molecular formula is C11H13NO3S. The first-order chi connectivity index (χ1) is 7.42. The van der Waals surface area contributed by atoms with Gasteiger partial charge in [0, 0.05) is 5.92 Å². The van der Waals surface area contributed by atoms with Gasteiger partial charge in [0.05, 0.1) is 16.3 Å². The minimum atomic E-state index is -3.37. The molecule has 1 N–H and O–H groups in total. The van der Waals surface area contributed by atoms with Gasteiger partial charge in [-0.05, 0) is 18.6 Å². The minimum Gasteiger partial charge on any atom is -0.324 e. The molecule has 1 aliphatic heterocycles. The minimum absolute atomic E-state index is 0.130. The number of sulfone groups is 1. The Balaban J connectivity index is 2.70. The van der Waals surface area contributed by atoms with E-state index in [0.717, 1.165) is 5.56 Å². The Bertz CT molecular complexity index is 548. The van der Waals surface area contributed by atoms with Gasteiger partial charge in [0.1, 0.15) is 0 Å². The van der Waals surface area contributed by atoms with Crippen LogP contribution in [0.3, 0.4) is 0 Å². The predicted octanol–water partition coefficient (Wildman–Crippen LogP) is 1.36. The van der Waals surface area contributed by atoms with Gasteiger partial charge in [-0.15, -0.1) is 0 Å². The molecule has 5 heteroatoms. The first-order valence-electron chi connectivity index (χ1n) is 5.05. The second kappa shape index (κ2) is 3.59. The quantitative estimate of drug-likeness (QED) is 0.743. The predicted molar refractivity (Wildman–Crippen MR) is 61.0 cm³/mol. The van der Waals surface area contributed by atoms with E-state index in [-0.39, 0.29) is 16.6 Å². The standard InChI is InChI=1S/C11H13NO3S/c1-7-4-3-5-9-10(7)12-11(13)8(2)6-16(9,14)15/h3-5,8H,6H2,1-2H3,(H,12,13). The van der Waals surface area contributed by atoms with Gasteiger partial charge in [-0.1, -0.05) is 19.1 Å². The third-order valence-corrected chi connectivity index (χ3v) is 4.68. The summed E-state index contributed by atoms with van der Waals surface area (Å²) in [6.07, 6.45) is 0. The Morgan fingerprint density at radius 2 is 2.06 bits per heavy atom. The molecule has 0 aliphatic carbocycles. The number of hydrogen-bond donors (Lipinski definition) is 1. The van der Waals surface area contributed by atoms with Crippen molar-refractivity contribution < 1.29 is 13.2 Å². The molecule has 0 fully saturated rings. The lowest BCUT2D eigenvalue weighted by molar-refractivity contribution is -0.118. The van der Waals surface area contributed by atoms with Crippen LogP contribution < -0.4 is 5.32 Å². The maximum atomic E-state index is 12.0. The molecule has 2 rings (SSSR count). The van der Waals surface area contributed by atoms with Crippen LogP contribution in [0.15, 0.2) is 23.1 Å². The zero-order valence-corrected chi connectivity index (χ0v) is 9.97. The molecule has 0 bridgehead atoms. The van der Waals surface area contributed by atoms with Gasteiger partial charge in [0.25, 0.3) is 0 Å². The van der Waals surface area contributed by atoms with Crippen molar-refractivity contribution in [3.63, 3.8) is 0 Å². The molecule has 0 saturated heterocycles. The average molecular weight is 239 g/mol. The fourth-order valence-electron chi connectivity index (χ4n) is 1.80. The molecule has 0 radical (unpaired) electrons. The fourth-order valence-corrected chi connectivity index (χ4v) is 3.60. The van der Waals surface area contributed by atoms with Crippen LogP contribution in [0, 0.1) is 12.8 Å². The highest BCUT2D eigenvalue weighted by Crippen LogP contribution is 2.30. The molecule has 1 aromatic carbocycles. The zero-order chi connectivity index (χ0) is 11.9. The number of nitrogens with one attached hydrogen (secondary N) is 1. The summed E-state index contributed by atoms with van der Waals surface area (Å²) >= 11 is 0. The topological polar surface area (TPSA) is 63.2 Å². The molecule has 1 heterocycles. The number of carbonyl (C=O) groups is 1. The molecule has 1 aliphatic rings. The number of hydrogen-bond acceptors (Lipinski definition) is 3. The van der Waals surface area contributed by atoms with Gasteiger partial charge in [-0.2, -0.15) is 0 Å². The van der Waals surface area contributed by atoms with Gasteiger partial charge >= 0.3 is 0 Å². The van der Waals surface area contributed by atoms with Crippen LogP contribution in [0.4, 0.5) is 5.69 Å². The van der Waals surface area contributed by atoms with E-state index in [2.05, 4.69) is 5.32 Å². The normalized spacial score (nSPS) is 23.1. The second-order valence-corrected chi connectivity index (χ2v) is 6.12. The van der Waals surface area contributed by atoms with Crippen molar-refractivity contribution >= 4 is 21.4 Å². The molecule has 1 amide bonds. The van der Waals surface area contributed by atoms with E-state index in [9.17, 15) is 13.2 Å². The Morgan fingerprint density at radius 3 is 2.75 bits per heavy atom. The lowest BCUT2D eigenvalue weighted by Gasteiger charge is -2.09. The van der Waals surface area contributed by atoms with E-state index >= 15 is 0 Å². The first kappa shape index (κ1) is 11.1. The fraction of sp³-hybridized carbons (Fsp3) is 0.364. The summed E-state index contributed by atoms with van der Waals surface area (Å²) in [5, 5.41) is 2.68. The SMILES string of the molecule is Cc1cccc2c1NC(=O)C(C)CS2(=O)=O. The summed E-state index contributed by atoms with van der Waals surface area (Å²) in [5.74, 6) is -0.886. The maximum Gasteiger partial charge on any atom is 0.228 e. The smallest absolute Gasteiger partial charge is 0.228 e. The van der Waals surface area contributed by atoms with E-state index in [1.54, 1.807) is 26.0 Å². The van der Waals surface area contributed by atoms with Crippen LogP contribution in [-0.2, 0) is 14.6 Å². The third-order valence-electron chi connectivity index (χ3n) is 2.73. The molecule has 1 unspecified atom stereocenters. The number of para-hydroxylation sites is 1. The summed E-state index contributed by atoms with van der Waals surface area (Å²) in [6, 6.07) is 5.01. The highest BCUT2D eigenvalue weighted by atomic mass is 32.2. The molecule has 0 saturated carbocycles. The summed E-state index contributed by atoms with van der Waals surface area (Å²) in [5.41, 5.74) is 1.19. The Labute approximate surface area is 94.6 Å². The van der Waals surface area contributed by atoms with Crippen molar-refractivity contribution in [1.82, 2.24) is 0 Å². The summed E-state index contributed by atoms with van der Waals surface area (Å²) in [6.45, 7) is 3.40. The monoisotopic (exact) mass is 239 g/mol. The molecule has 86 valence electrons. The number of aryl methyl sites for hydroxylation is 1. The number of anilines is 1. The van der Waals surface area contributed by atoms with Crippen molar-refractivity contribution in [2.75, 3.05) is 11.1 Å². The molecule has 0 spiro atoms. The Kier molecular flexibility index (Phi) is 2.50. The number of amides is 1. The number of benzene rings is 1. The van der Waals surface area contributed by atoms with Gasteiger partial charge < -0.3 is 5.32 Å².